The number of hydroxylamine groups is 1. The maximum absolute atomic E-state index is 14.4. The fourth-order valence-electron chi connectivity index (χ4n) is 10.6. The minimum atomic E-state index is -2.06. The average molecular weight is 1340 g/mol. The fraction of sp³-hybridized carbons (Fsp3) is 0.661. The molecule has 19 atom stereocenters. The number of carbonyl (C=O) groups excluding carboxylic acids is 3. The molecule has 24 nitrogen and oxygen atoms in total. The Hall–Kier alpha value is -3.19. The van der Waals surface area contributed by atoms with Gasteiger partial charge in [0.1, 0.15) is 36.6 Å². The number of allylic oxidation sites excluding steroid dienone is 3. The number of Topliss-reactive ketones (excluding diaryl/α,β-unsaturated/α-hetero) is 1. The number of amides is 1. The molecule has 0 aromatic heterocycles. The molecule has 0 radical (unpaired) electrons. The molecule has 4 aliphatic heterocycles. The highest BCUT2D eigenvalue weighted by molar-refractivity contribution is 9.10. The summed E-state index contributed by atoms with van der Waals surface area (Å²) < 4.78 is 72.4. The van der Waals surface area contributed by atoms with Gasteiger partial charge in [-0.25, -0.2) is 4.79 Å². The van der Waals surface area contributed by atoms with E-state index in [9.17, 15) is 39.9 Å². The van der Waals surface area contributed by atoms with Crippen molar-refractivity contribution in [3.63, 3.8) is 0 Å². The molecule has 0 unspecified atom stereocenters. The van der Waals surface area contributed by atoms with Crippen LogP contribution in [-0.2, 0) is 52.3 Å². The SMILES string of the molecule is COC(=O)NC1=C2/C(=C\CSSSC)[C@](O)(C#C/C=C/C#C[C@@H]2O[C@@H]2O[C@H](C)[C@@H](NO[C@H]3C[C@H](O)[C@H](SC(=O)c4c(C)c(Br)c(O[C@@H]5O[C@@H](C)[C@H](O)[C@@H](OC)[C@H]5O)c(OC)c4OC)[C@@H](C)O3)[C@H](O)[C@H]2O[C@H]2C[C@H](OC)[C@@H](NC(C)C)CO2)CC1=O. The van der Waals surface area contributed by atoms with E-state index in [0.29, 0.717) is 11.3 Å². The molecule has 0 spiro atoms. The van der Waals surface area contributed by atoms with Crippen LogP contribution >= 0.6 is 59.1 Å². The second kappa shape index (κ2) is 31.5. The number of halogens is 1. The maximum Gasteiger partial charge on any atom is 0.411 e. The topological polar surface area (TPSA) is 308 Å². The van der Waals surface area contributed by atoms with Crippen molar-refractivity contribution < 1.29 is 102 Å². The van der Waals surface area contributed by atoms with E-state index in [4.69, 9.17) is 61.7 Å². The highest BCUT2D eigenvalue weighted by Gasteiger charge is 2.52. The van der Waals surface area contributed by atoms with Crippen LogP contribution in [0.5, 0.6) is 17.2 Å². The van der Waals surface area contributed by atoms with Crippen molar-refractivity contribution in [3.05, 3.63) is 50.7 Å². The van der Waals surface area contributed by atoms with Crippen LogP contribution in [0, 0.1) is 30.6 Å². The number of thioether (sulfide) groups is 1. The number of ketones is 1. The molecule has 2 bridgehead atoms. The largest absolute Gasteiger partial charge is 0.492 e. The van der Waals surface area contributed by atoms with E-state index in [1.807, 2.05) is 20.1 Å². The normalized spacial score (nSPS) is 35.7. The van der Waals surface area contributed by atoms with Gasteiger partial charge in [0.2, 0.25) is 17.2 Å². The van der Waals surface area contributed by atoms with Crippen LogP contribution in [-0.4, -0.2) is 218 Å². The molecule has 1 aromatic carbocycles. The van der Waals surface area contributed by atoms with Gasteiger partial charge in [0.05, 0.1) is 97.9 Å². The van der Waals surface area contributed by atoms with Crippen LogP contribution in [0.15, 0.2) is 39.5 Å². The minimum absolute atomic E-state index is 0.00108. The number of nitrogens with one attached hydrogen (secondary N) is 3. The third-order valence-electron chi connectivity index (χ3n) is 14.8. The van der Waals surface area contributed by atoms with Gasteiger partial charge in [-0.05, 0) is 77.4 Å². The molecule has 1 amide bonds. The second-order valence-corrected chi connectivity index (χ2v) is 27.2. The Morgan fingerprint density at radius 1 is 0.882 bits per heavy atom. The summed E-state index contributed by atoms with van der Waals surface area (Å²) in [5.74, 6) is 11.2. The molecule has 85 heavy (non-hydrogen) atoms. The zero-order valence-corrected chi connectivity index (χ0v) is 53.9. The number of aliphatic hydroxyl groups excluding tert-OH is 4. The third-order valence-corrected chi connectivity index (χ3v) is 20.9. The minimum Gasteiger partial charge on any atom is -0.492 e. The van der Waals surface area contributed by atoms with Gasteiger partial charge in [-0.1, -0.05) is 77.0 Å². The molecule has 29 heteroatoms. The van der Waals surface area contributed by atoms with Gasteiger partial charge in [0.25, 0.3) is 0 Å². The van der Waals surface area contributed by atoms with Gasteiger partial charge in [-0.15, -0.1) is 0 Å². The molecule has 4 saturated heterocycles. The van der Waals surface area contributed by atoms with Crippen molar-refractivity contribution >= 4 is 76.1 Å². The molecule has 4 fully saturated rings. The number of rotatable bonds is 22. The highest BCUT2D eigenvalue weighted by Crippen LogP contribution is 2.51. The Labute approximate surface area is 518 Å². The molecule has 0 saturated carbocycles. The second-order valence-electron chi connectivity index (χ2n) is 20.8. The summed E-state index contributed by atoms with van der Waals surface area (Å²) in [6.07, 6.45) is -12.1. The number of carbonyl (C=O) groups is 3. The Morgan fingerprint density at radius 2 is 1.60 bits per heavy atom. The number of alkyl carbamates (subject to hydrolysis) is 1. The summed E-state index contributed by atoms with van der Waals surface area (Å²) in [6.45, 7) is 10.7. The third kappa shape index (κ3) is 16.2. The van der Waals surface area contributed by atoms with Crippen LogP contribution in [0.3, 0.4) is 0 Å². The van der Waals surface area contributed by atoms with E-state index in [0.717, 1.165) is 18.9 Å². The number of hydrogen-bond donors (Lipinski definition) is 8. The Kier molecular flexibility index (Phi) is 25.7. The van der Waals surface area contributed by atoms with Crippen molar-refractivity contribution in [1.29, 1.82) is 0 Å². The van der Waals surface area contributed by atoms with Crippen molar-refractivity contribution in [2.24, 2.45) is 0 Å². The Bertz CT molecular complexity index is 2750. The predicted octanol–water partition coefficient (Wildman–Crippen LogP) is 3.74. The van der Waals surface area contributed by atoms with E-state index >= 15 is 0 Å². The van der Waals surface area contributed by atoms with Gasteiger partial charge in [0, 0.05) is 50.0 Å². The Balaban J connectivity index is 1.12. The van der Waals surface area contributed by atoms with Gasteiger partial charge >= 0.3 is 6.09 Å². The lowest BCUT2D eigenvalue weighted by Gasteiger charge is -2.47. The Morgan fingerprint density at radius 3 is 2.26 bits per heavy atom. The summed E-state index contributed by atoms with van der Waals surface area (Å²) in [5, 5.41) is 62.8. The molecule has 472 valence electrons. The van der Waals surface area contributed by atoms with E-state index in [2.05, 4.69) is 55.7 Å². The number of methoxy groups -OCH3 is 5. The van der Waals surface area contributed by atoms with E-state index < -0.39 is 127 Å². The van der Waals surface area contributed by atoms with Gasteiger partial charge in [-0.2, -0.15) is 5.48 Å². The van der Waals surface area contributed by atoms with Gasteiger partial charge in [-0.3, -0.25) is 19.7 Å². The van der Waals surface area contributed by atoms with Crippen LogP contribution in [0.25, 0.3) is 0 Å². The standard InChI is InChI=1S/C56H76BrN3O21S4/c1-25(2)58-31-24-74-36(22-35(31)69-7)79-49-44(64)41(27(4)76-54(49)78-34-17-15-13-14-16-19-56(68)23-33(62)42(59-55(67)73-11)39(34)30(56)18-20-83-85-82-12)60-81-37-21-32(61)51(29(6)75-37)84-52(66)38-26(3)40(57)47(50(72-10)46(38)70-8)80-53-45(65)48(71-9)43(63)28(5)77-53/h13-14,18,25,27-29,31-32,34-37,41,43-45,48-49,51,53-54,58,60-61,63-65,68H,20-24H2,1-12H3,(H,59,67)/b14-13+,30-18+/t27-,28+,29-,31+,32+,34+,35+,36+,37+,41-,43+,44+,45-,48-,49-,51-,53+,54+,56+/m1/s1. The van der Waals surface area contributed by atoms with E-state index in [-0.39, 0.29) is 81.8 Å². The van der Waals surface area contributed by atoms with E-state index in [1.54, 1.807) is 40.9 Å². The molecule has 8 N–H and O–H groups in total. The van der Waals surface area contributed by atoms with Crippen LogP contribution in [0.2, 0.25) is 0 Å². The molecule has 7 rings (SSSR count). The van der Waals surface area contributed by atoms with Crippen molar-refractivity contribution in [2.45, 2.75) is 182 Å². The number of ether oxygens (including phenoxy) is 12. The van der Waals surface area contributed by atoms with Gasteiger partial charge < -0.3 is 87.7 Å². The lowest BCUT2D eigenvalue weighted by Crippen LogP contribution is -2.65. The lowest BCUT2D eigenvalue weighted by atomic mass is 9.75. The summed E-state index contributed by atoms with van der Waals surface area (Å²) >= 11 is 4.36. The van der Waals surface area contributed by atoms with Crippen LogP contribution in [0.1, 0.15) is 69.8 Å². The molecule has 6 aliphatic rings. The molecule has 2 aliphatic carbocycles. The molecular formula is C56H76BrN3O21S4. The monoisotopic (exact) mass is 1330 g/mol. The quantitative estimate of drug-likeness (QED) is 0.0355. The smallest absolute Gasteiger partial charge is 0.411 e. The van der Waals surface area contributed by atoms with Crippen molar-refractivity contribution in [1.82, 2.24) is 16.1 Å². The van der Waals surface area contributed by atoms with Crippen LogP contribution in [0.4, 0.5) is 4.79 Å². The molecule has 1 aromatic rings. The van der Waals surface area contributed by atoms with Crippen LogP contribution < -0.4 is 30.3 Å². The lowest BCUT2D eigenvalue weighted by molar-refractivity contribution is -0.336. The van der Waals surface area contributed by atoms with Crippen molar-refractivity contribution in [3.8, 4) is 40.9 Å². The zero-order valence-electron chi connectivity index (χ0n) is 49.0. The van der Waals surface area contributed by atoms with E-state index in [1.165, 1.54) is 64.9 Å². The van der Waals surface area contributed by atoms with Gasteiger partial charge in [0.15, 0.2) is 41.8 Å². The van der Waals surface area contributed by atoms with Crippen molar-refractivity contribution in [2.75, 3.05) is 54.2 Å². The summed E-state index contributed by atoms with van der Waals surface area (Å²) in [5.41, 5.74) is 1.18. The zero-order chi connectivity index (χ0) is 62.0. The number of aliphatic hydroxyl groups is 5. The first-order valence-electron chi connectivity index (χ1n) is 27.3. The molecular weight excluding hydrogens is 1260 g/mol. The summed E-state index contributed by atoms with van der Waals surface area (Å²) in [7, 11) is 11.2. The highest BCUT2D eigenvalue weighted by atomic mass is 79.9. The number of hydrogen-bond acceptors (Lipinski definition) is 27. The first-order valence-corrected chi connectivity index (χ1v) is 33.0. The summed E-state index contributed by atoms with van der Waals surface area (Å²) in [6, 6.07) is -1.20. The fourth-order valence-corrected chi connectivity index (χ4v) is 14.6. The predicted molar refractivity (Wildman–Crippen MR) is 319 cm³/mol. The summed E-state index contributed by atoms with van der Waals surface area (Å²) in [4.78, 5) is 47.6. The number of benzene rings is 1. The first-order chi connectivity index (χ1) is 40.5. The average Bonchev–Trinajstić information content (AvgIpc) is 1.96. The number of fused-ring (bicyclic) bond motifs is 2. The molecule has 4 heterocycles. The first kappa shape index (κ1) is 69.3. The maximum atomic E-state index is 14.4.